The summed E-state index contributed by atoms with van der Waals surface area (Å²) in [5.41, 5.74) is 7.44. The van der Waals surface area contributed by atoms with E-state index >= 15 is 0 Å². The number of carbonyl (C=O) groups excluding carboxylic acids is 3. The number of fused-ring (bicyclic) bond motifs is 1. The van der Waals surface area contributed by atoms with E-state index in [4.69, 9.17) is 4.74 Å². The molecule has 0 aromatic heterocycles. The minimum absolute atomic E-state index is 0.0977. The van der Waals surface area contributed by atoms with Crippen LogP contribution in [0.3, 0.4) is 0 Å². The third-order valence-electron chi connectivity index (χ3n) is 4.54. The van der Waals surface area contributed by atoms with Crippen molar-refractivity contribution in [2.45, 2.75) is 26.2 Å². The van der Waals surface area contributed by atoms with E-state index in [1.165, 1.54) is 12.1 Å². The second-order valence-corrected chi connectivity index (χ2v) is 6.61. The summed E-state index contributed by atoms with van der Waals surface area (Å²) in [7, 11) is 0. The number of nitrogens with one attached hydrogen (secondary N) is 3. The molecule has 0 unspecified atom stereocenters. The lowest BCUT2D eigenvalue weighted by molar-refractivity contribution is -0.131. The van der Waals surface area contributed by atoms with Gasteiger partial charge < -0.3 is 10.1 Å². The first-order chi connectivity index (χ1) is 13.3. The van der Waals surface area contributed by atoms with Gasteiger partial charge in [-0.15, -0.1) is 0 Å². The normalized spacial score (nSPS) is 15.2. The lowest BCUT2D eigenvalue weighted by Crippen LogP contribution is -2.47. The van der Waals surface area contributed by atoms with E-state index in [1.807, 2.05) is 26.0 Å². The molecule has 1 aliphatic heterocycles. The predicted octanol–water partition coefficient (Wildman–Crippen LogP) is 2.09. The number of benzene rings is 2. The molecule has 2 aromatic rings. The Balaban J connectivity index is 1.56. The molecule has 1 heterocycles. The minimum Gasteiger partial charge on any atom is -0.484 e. The van der Waals surface area contributed by atoms with Crippen molar-refractivity contribution in [3.8, 4) is 5.75 Å². The standard InChI is InChI=1S/C20H20FN3O4/c1-11-3-5-14(7-12(11)2)28-10-19(26)23-24-20(27)16-9-18(25)22-17-8-13(21)4-6-15(16)17/h3-8,16H,9-10H2,1-2H3,(H,22,25)(H,23,26)(H,24,27)/t16-/m1/s1. The smallest absolute Gasteiger partial charge is 0.276 e. The summed E-state index contributed by atoms with van der Waals surface area (Å²) in [6, 6.07) is 9.27. The maximum atomic E-state index is 13.4. The van der Waals surface area contributed by atoms with Gasteiger partial charge in [0.2, 0.25) is 11.8 Å². The van der Waals surface area contributed by atoms with Crippen molar-refractivity contribution < 1.29 is 23.5 Å². The molecular weight excluding hydrogens is 365 g/mol. The Bertz CT molecular complexity index is 945. The summed E-state index contributed by atoms with van der Waals surface area (Å²) in [4.78, 5) is 36.1. The average Bonchev–Trinajstić information content (AvgIpc) is 2.66. The Hall–Kier alpha value is -3.42. The number of ether oxygens (including phenoxy) is 1. The number of halogens is 1. The largest absolute Gasteiger partial charge is 0.484 e. The summed E-state index contributed by atoms with van der Waals surface area (Å²) in [5.74, 6) is -2.32. The Morgan fingerprint density at radius 2 is 1.93 bits per heavy atom. The van der Waals surface area contributed by atoms with Crippen molar-refractivity contribution in [3.63, 3.8) is 0 Å². The Kier molecular flexibility index (Phi) is 5.58. The van der Waals surface area contributed by atoms with Crippen molar-refractivity contribution in [3.05, 3.63) is 58.9 Å². The molecule has 146 valence electrons. The number of aryl methyl sites for hydroxylation is 2. The summed E-state index contributed by atoms with van der Waals surface area (Å²) in [6.07, 6.45) is -0.0977. The summed E-state index contributed by atoms with van der Waals surface area (Å²) in [6.45, 7) is 3.63. The average molecular weight is 385 g/mol. The second kappa shape index (κ2) is 8.08. The van der Waals surface area contributed by atoms with Crippen LogP contribution in [-0.2, 0) is 14.4 Å². The highest BCUT2D eigenvalue weighted by Crippen LogP contribution is 2.32. The summed E-state index contributed by atoms with van der Waals surface area (Å²) in [5, 5.41) is 2.53. The van der Waals surface area contributed by atoms with Gasteiger partial charge in [0, 0.05) is 12.1 Å². The van der Waals surface area contributed by atoms with Crippen molar-refractivity contribution in [2.75, 3.05) is 11.9 Å². The van der Waals surface area contributed by atoms with E-state index in [0.29, 0.717) is 11.3 Å². The molecule has 3 rings (SSSR count). The molecule has 0 radical (unpaired) electrons. The first-order valence-corrected chi connectivity index (χ1v) is 8.71. The van der Waals surface area contributed by atoms with Crippen LogP contribution in [0.1, 0.15) is 29.0 Å². The van der Waals surface area contributed by atoms with E-state index in [2.05, 4.69) is 16.2 Å². The molecule has 0 saturated carbocycles. The Morgan fingerprint density at radius 3 is 2.68 bits per heavy atom. The van der Waals surface area contributed by atoms with Gasteiger partial charge in [-0.1, -0.05) is 12.1 Å². The molecule has 7 nitrogen and oxygen atoms in total. The van der Waals surface area contributed by atoms with Crippen LogP contribution in [0.15, 0.2) is 36.4 Å². The molecule has 0 spiro atoms. The lowest BCUT2D eigenvalue weighted by atomic mass is 9.90. The minimum atomic E-state index is -0.828. The molecule has 3 N–H and O–H groups in total. The maximum absolute atomic E-state index is 13.4. The number of anilines is 1. The van der Waals surface area contributed by atoms with E-state index in [-0.39, 0.29) is 18.7 Å². The fourth-order valence-electron chi connectivity index (χ4n) is 2.88. The lowest BCUT2D eigenvalue weighted by Gasteiger charge is -2.24. The van der Waals surface area contributed by atoms with Crippen molar-refractivity contribution in [2.24, 2.45) is 0 Å². The quantitative estimate of drug-likeness (QED) is 0.702. The van der Waals surface area contributed by atoms with Crippen molar-refractivity contribution >= 4 is 23.4 Å². The molecule has 8 heteroatoms. The van der Waals surface area contributed by atoms with Crippen LogP contribution in [0.4, 0.5) is 10.1 Å². The second-order valence-electron chi connectivity index (χ2n) is 6.61. The van der Waals surface area contributed by atoms with Gasteiger partial charge in [0.1, 0.15) is 11.6 Å². The number of carbonyl (C=O) groups is 3. The number of rotatable bonds is 4. The molecule has 0 saturated heterocycles. The van der Waals surface area contributed by atoms with Gasteiger partial charge in [-0.2, -0.15) is 0 Å². The summed E-state index contributed by atoms with van der Waals surface area (Å²) < 4.78 is 18.8. The SMILES string of the molecule is Cc1ccc(OCC(=O)NNC(=O)[C@@H]2CC(=O)Nc3cc(F)ccc32)cc1C. The molecule has 1 aliphatic rings. The van der Waals surface area contributed by atoms with E-state index in [9.17, 15) is 18.8 Å². The van der Waals surface area contributed by atoms with Crippen molar-refractivity contribution in [1.29, 1.82) is 0 Å². The molecule has 0 aliphatic carbocycles. The van der Waals surface area contributed by atoms with Gasteiger partial charge in [0.05, 0.1) is 5.92 Å². The Morgan fingerprint density at radius 1 is 1.14 bits per heavy atom. The van der Waals surface area contributed by atoms with Crippen LogP contribution in [0.2, 0.25) is 0 Å². The highest BCUT2D eigenvalue weighted by atomic mass is 19.1. The van der Waals surface area contributed by atoms with Gasteiger partial charge in [-0.05, 0) is 54.8 Å². The zero-order valence-corrected chi connectivity index (χ0v) is 15.5. The number of hydrogen-bond acceptors (Lipinski definition) is 4. The third-order valence-corrected chi connectivity index (χ3v) is 4.54. The number of hydrogen-bond donors (Lipinski definition) is 3. The molecule has 3 amide bonds. The molecular formula is C20H20FN3O4. The molecule has 2 aromatic carbocycles. The van der Waals surface area contributed by atoms with Crippen LogP contribution in [-0.4, -0.2) is 24.3 Å². The fourth-order valence-corrected chi connectivity index (χ4v) is 2.88. The highest BCUT2D eigenvalue weighted by molar-refractivity contribution is 6.01. The molecule has 0 fully saturated rings. The van der Waals surface area contributed by atoms with Gasteiger partial charge in [0.25, 0.3) is 5.91 Å². The zero-order valence-electron chi connectivity index (χ0n) is 15.5. The van der Waals surface area contributed by atoms with Gasteiger partial charge in [0.15, 0.2) is 6.61 Å². The van der Waals surface area contributed by atoms with E-state index < -0.39 is 29.5 Å². The van der Waals surface area contributed by atoms with Crippen LogP contribution < -0.4 is 20.9 Å². The van der Waals surface area contributed by atoms with Gasteiger partial charge >= 0.3 is 0 Å². The van der Waals surface area contributed by atoms with Crippen LogP contribution in [0.5, 0.6) is 5.75 Å². The predicted molar refractivity (Wildman–Crippen MR) is 100 cm³/mol. The van der Waals surface area contributed by atoms with E-state index in [1.54, 1.807) is 6.07 Å². The fraction of sp³-hybridized carbons (Fsp3) is 0.250. The highest BCUT2D eigenvalue weighted by Gasteiger charge is 2.31. The number of hydrazine groups is 1. The van der Waals surface area contributed by atoms with Crippen molar-refractivity contribution in [1.82, 2.24) is 10.9 Å². The first-order valence-electron chi connectivity index (χ1n) is 8.71. The summed E-state index contributed by atoms with van der Waals surface area (Å²) >= 11 is 0. The van der Waals surface area contributed by atoms with Crippen LogP contribution >= 0.6 is 0 Å². The van der Waals surface area contributed by atoms with Crippen LogP contribution in [0.25, 0.3) is 0 Å². The number of amides is 3. The Labute approximate surface area is 161 Å². The van der Waals surface area contributed by atoms with E-state index in [0.717, 1.165) is 17.2 Å². The van der Waals surface area contributed by atoms with Gasteiger partial charge in [-0.3, -0.25) is 25.2 Å². The maximum Gasteiger partial charge on any atom is 0.276 e. The first kappa shape index (κ1) is 19.3. The van der Waals surface area contributed by atoms with Crippen LogP contribution in [0, 0.1) is 19.7 Å². The third kappa shape index (κ3) is 4.46. The molecule has 0 bridgehead atoms. The van der Waals surface area contributed by atoms with Gasteiger partial charge in [-0.25, -0.2) is 4.39 Å². The monoisotopic (exact) mass is 385 g/mol. The molecule has 28 heavy (non-hydrogen) atoms. The zero-order chi connectivity index (χ0) is 20.3. The topological polar surface area (TPSA) is 96.5 Å². The molecule has 1 atom stereocenters.